The molecule has 1 rings (SSSR count). The van der Waals surface area contributed by atoms with Crippen molar-refractivity contribution in [2.45, 2.75) is 26.4 Å². The number of ether oxygens (including phenoxy) is 1. The molecule has 0 amide bonds. The van der Waals surface area contributed by atoms with Crippen LogP contribution in [0, 0.1) is 0 Å². The van der Waals surface area contributed by atoms with Gasteiger partial charge in [0.25, 0.3) is 0 Å². The standard InChI is InChI=1S/C13H14BrN3O2/c1-13(2,3)19-12(18)7-5-9-4-6-11(16-17-15)10(14)8-9/h4-8H,1-3H3/b7-5+. The van der Waals surface area contributed by atoms with Gasteiger partial charge in [0.15, 0.2) is 0 Å². The van der Waals surface area contributed by atoms with Crippen molar-refractivity contribution in [2.75, 3.05) is 0 Å². The minimum Gasteiger partial charge on any atom is -0.457 e. The summed E-state index contributed by atoms with van der Waals surface area (Å²) in [6, 6.07) is 5.17. The van der Waals surface area contributed by atoms with Crippen LogP contribution in [0.1, 0.15) is 26.3 Å². The summed E-state index contributed by atoms with van der Waals surface area (Å²) in [7, 11) is 0. The molecule has 19 heavy (non-hydrogen) atoms. The molecule has 0 aliphatic carbocycles. The van der Waals surface area contributed by atoms with E-state index in [1.165, 1.54) is 6.08 Å². The van der Waals surface area contributed by atoms with E-state index in [0.29, 0.717) is 10.2 Å². The summed E-state index contributed by atoms with van der Waals surface area (Å²) in [6.45, 7) is 5.43. The third kappa shape index (κ3) is 5.59. The number of hydrogen-bond donors (Lipinski definition) is 0. The van der Waals surface area contributed by atoms with E-state index >= 15 is 0 Å². The predicted octanol–water partition coefficient (Wildman–Crippen LogP) is 4.75. The van der Waals surface area contributed by atoms with Crippen LogP contribution in [0.3, 0.4) is 0 Å². The fourth-order valence-electron chi connectivity index (χ4n) is 1.26. The Kier molecular flexibility index (Phi) is 5.15. The van der Waals surface area contributed by atoms with Crippen LogP contribution in [-0.2, 0) is 9.53 Å². The quantitative estimate of drug-likeness (QED) is 0.265. The normalized spacial score (nSPS) is 11.2. The van der Waals surface area contributed by atoms with Crippen LogP contribution in [0.5, 0.6) is 0 Å². The highest BCUT2D eigenvalue weighted by atomic mass is 79.9. The summed E-state index contributed by atoms with van der Waals surface area (Å²) in [6.07, 6.45) is 3.00. The van der Waals surface area contributed by atoms with Crippen LogP contribution in [0.4, 0.5) is 5.69 Å². The van der Waals surface area contributed by atoms with Crippen LogP contribution in [0.15, 0.2) is 33.9 Å². The van der Waals surface area contributed by atoms with Gasteiger partial charge in [-0.15, -0.1) is 0 Å². The van der Waals surface area contributed by atoms with Gasteiger partial charge >= 0.3 is 5.97 Å². The molecule has 0 bridgehead atoms. The Balaban J connectivity index is 2.80. The Morgan fingerprint density at radius 1 is 1.47 bits per heavy atom. The van der Waals surface area contributed by atoms with E-state index in [4.69, 9.17) is 10.3 Å². The molecule has 0 heterocycles. The highest BCUT2D eigenvalue weighted by Gasteiger charge is 2.13. The average Bonchev–Trinajstić information content (AvgIpc) is 2.27. The Morgan fingerprint density at radius 3 is 2.68 bits per heavy atom. The molecule has 0 aliphatic rings. The second-order valence-electron chi connectivity index (χ2n) is 4.77. The van der Waals surface area contributed by atoms with Gasteiger partial charge in [0, 0.05) is 15.5 Å². The number of carbonyl (C=O) groups excluding carboxylic acids is 1. The molecule has 1 aromatic rings. The lowest BCUT2D eigenvalue weighted by Crippen LogP contribution is -2.22. The molecule has 0 aliphatic heterocycles. The van der Waals surface area contributed by atoms with Gasteiger partial charge in [-0.25, -0.2) is 4.79 Å². The summed E-state index contributed by atoms with van der Waals surface area (Å²) in [5.74, 6) is -0.400. The van der Waals surface area contributed by atoms with E-state index in [1.807, 2.05) is 20.8 Å². The number of halogens is 1. The van der Waals surface area contributed by atoms with Gasteiger partial charge in [0.1, 0.15) is 5.60 Å². The molecule has 0 fully saturated rings. The van der Waals surface area contributed by atoms with Crippen molar-refractivity contribution in [1.29, 1.82) is 0 Å². The van der Waals surface area contributed by atoms with E-state index < -0.39 is 11.6 Å². The SMILES string of the molecule is CC(C)(C)OC(=O)/C=C/c1ccc(N=[N+]=[N-])c(Br)c1. The van der Waals surface area contributed by atoms with Crippen molar-refractivity contribution in [3.05, 3.63) is 44.8 Å². The van der Waals surface area contributed by atoms with E-state index in [9.17, 15) is 4.79 Å². The first-order valence-corrected chi connectivity index (χ1v) is 6.37. The van der Waals surface area contributed by atoms with Crippen molar-refractivity contribution in [1.82, 2.24) is 0 Å². The van der Waals surface area contributed by atoms with Crippen LogP contribution < -0.4 is 0 Å². The molecule has 100 valence electrons. The Bertz CT molecular complexity index is 555. The lowest BCUT2D eigenvalue weighted by atomic mass is 10.2. The summed E-state index contributed by atoms with van der Waals surface area (Å²) in [4.78, 5) is 14.2. The zero-order valence-corrected chi connectivity index (χ0v) is 12.5. The zero-order valence-electron chi connectivity index (χ0n) is 10.9. The molecule has 0 atom stereocenters. The molecule has 0 aromatic heterocycles. The second kappa shape index (κ2) is 6.41. The maximum atomic E-state index is 11.5. The molecular weight excluding hydrogens is 310 g/mol. The molecule has 0 unspecified atom stereocenters. The van der Waals surface area contributed by atoms with Crippen molar-refractivity contribution < 1.29 is 9.53 Å². The second-order valence-corrected chi connectivity index (χ2v) is 5.62. The number of benzene rings is 1. The molecule has 0 spiro atoms. The van der Waals surface area contributed by atoms with E-state index in [2.05, 4.69) is 26.0 Å². The van der Waals surface area contributed by atoms with E-state index in [-0.39, 0.29) is 0 Å². The monoisotopic (exact) mass is 323 g/mol. The third-order valence-electron chi connectivity index (χ3n) is 1.94. The van der Waals surface area contributed by atoms with Crippen molar-refractivity contribution in [3.63, 3.8) is 0 Å². The van der Waals surface area contributed by atoms with Crippen LogP contribution in [0.2, 0.25) is 0 Å². The summed E-state index contributed by atoms with van der Waals surface area (Å²) >= 11 is 3.29. The van der Waals surface area contributed by atoms with Gasteiger partial charge in [-0.3, -0.25) is 0 Å². The Labute approximate surface area is 120 Å². The molecule has 0 saturated carbocycles. The minimum absolute atomic E-state index is 0.400. The first-order valence-electron chi connectivity index (χ1n) is 5.57. The molecule has 0 saturated heterocycles. The molecule has 1 aromatic carbocycles. The number of rotatable bonds is 3. The fourth-order valence-corrected chi connectivity index (χ4v) is 1.73. The van der Waals surface area contributed by atoms with Crippen molar-refractivity contribution in [3.8, 4) is 0 Å². The number of azide groups is 1. The van der Waals surface area contributed by atoms with Crippen LogP contribution >= 0.6 is 15.9 Å². The summed E-state index contributed by atoms with van der Waals surface area (Å²) in [5.41, 5.74) is 9.15. The number of esters is 1. The molecule has 6 heteroatoms. The van der Waals surface area contributed by atoms with Crippen LogP contribution in [-0.4, -0.2) is 11.6 Å². The van der Waals surface area contributed by atoms with Gasteiger partial charge in [-0.2, -0.15) is 0 Å². The maximum Gasteiger partial charge on any atom is 0.331 e. The molecule has 0 radical (unpaired) electrons. The van der Waals surface area contributed by atoms with Crippen molar-refractivity contribution >= 4 is 33.7 Å². The Morgan fingerprint density at radius 2 is 2.16 bits per heavy atom. The number of carbonyl (C=O) groups is 1. The lowest BCUT2D eigenvalue weighted by molar-refractivity contribution is -0.148. The topological polar surface area (TPSA) is 75.1 Å². The van der Waals surface area contributed by atoms with E-state index in [0.717, 1.165) is 5.56 Å². The predicted molar refractivity (Wildman–Crippen MR) is 77.8 cm³/mol. The molecule has 0 N–H and O–H groups in total. The smallest absolute Gasteiger partial charge is 0.331 e. The largest absolute Gasteiger partial charge is 0.457 e. The zero-order chi connectivity index (χ0) is 14.5. The maximum absolute atomic E-state index is 11.5. The molecular formula is C13H14BrN3O2. The first-order chi connectivity index (χ1) is 8.81. The van der Waals surface area contributed by atoms with Gasteiger partial charge in [-0.1, -0.05) is 33.2 Å². The van der Waals surface area contributed by atoms with Crippen molar-refractivity contribution in [2.24, 2.45) is 5.11 Å². The van der Waals surface area contributed by atoms with Gasteiger partial charge in [0.2, 0.25) is 0 Å². The molecule has 5 nitrogen and oxygen atoms in total. The highest BCUT2D eigenvalue weighted by Crippen LogP contribution is 2.27. The third-order valence-corrected chi connectivity index (χ3v) is 2.58. The van der Waals surface area contributed by atoms with Gasteiger partial charge in [-0.05, 0) is 44.0 Å². The van der Waals surface area contributed by atoms with Crippen LogP contribution in [0.25, 0.3) is 16.5 Å². The number of hydrogen-bond acceptors (Lipinski definition) is 3. The fraction of sp³-hybridized carbons (Fsp3) is 0.308. The summed E-state index contributed by atoms with van der Waals surface area (Å²) in [5, 5.41) is 3.51. The van der Waals surface area contributed by atoms with Gasteiger partial charge < -0.3 is 4.74 Å². The average molecular weight is 324 g/mol. The number of nitrogens with zero attached hydrogens (tertiary/aromatic N) is 3. The minimum atomic E-state index is -0.507. The Hall–Kier alpha value is -1.78. The lowest BCUT2D eigenvalue weighted by Gasteiger charge is -2.17. The first kappa shape index (κ1) is 15.3. The highest BCUT2D eigenvalue weighted by molar-refractivity contribution is 9.10. The van der Waals surface area contributed by atoms with E-state index in [1.54, 1.807) is 24.3 Å². The summed E-state index contributed by atoms with van der Waals surface area (Å²) < 4.78 is 5.81. The van der Waals surface area contributed by atoms with Gasteiger partial charge in [0.05, 0.1) is 5.69 Å².